The Balaban J connectivity index is 2.88. The minimum Gasteiger partial charge on any atom is -0.477 e. The summed E-state index contributed by atoms with van der Waals surface area (Å²) in [5.41, 5.74) is -0.336. The Morgan fingerprint density at radius 3 is 2.44 bits per heavy atom. The molecule has 1 aromatic heterocycles. The second kappa shape index (κ2) is 3.83. The summed E-state index contributed by atoms with van der Waals surface area (Å²) in [5, 5.41) is 13.4. The normalized spacial score (nSPS) is 11.2. The molecule has 1 heterocycles. The number of anilines is 1. The van der Waals surface area contributed by atoms with E-state index in [0.717, 1.165) is 10.7 Å². The van der Waals surface area contributed by atoms with Crippen LogP contribution in [-0.4, -0.2) is 32.9 Å². The smallest absolute Gasteiger partial charge is 0.471 e. The molecule has 0 saturated carbocycles. The van der Waals surface area contributed by atoms with E-state index in [9.17, 15) is 22.8 Å². The fraction of sp³-hybridized carbons (Fsp3) is 0.286. The van der Waals surface area contributed by atoms with Gasteiger partial charge in [0, 0.05) is 13.1 Å². The highest BCUT2D eigenvalue weighted by molar-refractivity contribution is 5.95. The number of nitrogens with zero attached hydrogens (tertiary/aromatic N) is 2. The number of carbonyl (C=O) groups is 2. The quantitative estimate of drug-likeness (QED) is 0.789. The number of carboxylic acid groups (broad SMARTS) is 1. The topological polar surface area (TPSA) is 84.2 Å². The highest BCUT2D eigenvalue weighted by Gasteiger charge is 2.39. The van der Waals surface area contributed by atoms with Gasteiger partial charge < -0.3 is 10.4 Å². The standard InChI is InChI=1S/C7H6F3N3O3/c1-13-3(5(14)15)2-4(12-13)11-6(16)7(8,9)10/h2H,1H3,(H,14,15)(H,11,12,16). The van der Waals surface area contributed by atoms with Crippen LogP contribution >= 0.6 is 0 Å². The third-order valence-corrected chi connectivity index (χ3v) is 1.60. The Hall–Kier alpha value is -2.06. The number of rotatable bonds is 2. The third kappa shape index (κ3) is 2.49. The number of halogens is 3. The van der Waals surface area contributed by atoms with Gasteiger partial charge in [0.15, 0.2) is 5.82 Å². The van der Waals surface area contributed by atoms with Crippen molar-refractivity contribution >= 4 is 17.7 Å². The van der Waals surface area contributed by atoms with Gasteiger partial charge in [-0.05, 0) is 0 Å². The molecule has 2 N–H and O–H groups in total. The molecule has 0 atom stereocenters. The second-order valence-corrected chi connectivity index (χ2v) is 2.80. The van der Waals surface area contributed by atoms with Crippen molar-refractivity contribution in [3.8, 4) is 0 Å². The number of nitrogens with one attached hydrogen (secondary N) is 1. The van der Waals surface area contributed by atoms with Crippen LogP contribution in [0, 0.1) is 0 Å². The highest BCUT2D eigenvalue weighted by Crippen LogP contribution is 2.17. The molecule has 0 aliphatic heterocycles. The molecule has 1 aromatic rings. The molecule has 0 aromatic carbocycles. The van der Waals surface area contributed by atoms with Gasteiger partial charge in [-0.2, -0.15) is 18.3 Å². The average molecular weight is 237 g/mol. The van der Waals surface area contributed by atoms with E-state index in [-0.39, 0.29) is 5.69 Å². The fourth-order valence-corrected chi connectivity index (χ4v) is 0.916. The van der Waals surface area contributed by atoms with E-state index in [1.807, 2.05) is 0 Å². The molecular formula is C7H6F3N3O3. The number of hydrogen-bond donors (Lipinski definition) is 2. The lowest BCUT2D eigenvalue weighted by Crippen LogP contribution is -2.30. The van der Waals surface area contributed by atoms with E-state index in [2.05, 4.69) is 5.10 Å². The van der Waals surface area contributed by atoms with Crippen molar-refractivity contribution in [2.45, 2.75) is 6.18 Å². The lowest BCUT2D eigenvalue weighted by atomic mass is 10.4. The maximum absolute atomic E-state index is 11.8. The Morgan fingerprint density at radius 2 is 2.06 bits per heavy atom. The molecular weight excluding hydrogens is 231 g/mol. The summed E-state index contributed by atoms with van der Waals surface area (Å²) in [6, 6.07) is 0.825. The van der Waals surface area contributed by atoms with Crippen LogP contribution < -0.4 is 5.32 Å². The molecule has 1 rings (SSSR count). The summed E-state index contributed by atoms with van der Waals surface area (Å²) < 4.78 is 36.4. The van der Waals surface area contributed by atoms with Crippen LogP contribution in [0.15, 0.2) is 6.07 Å². The van der Waals surface area contributed by atoms with Gasteiger partial charge in [0.1, 0.15) is 5.69 Å². The van der Waals surface area contributed by atoms with Crippen LogP contribution in [0.1, 0.15) is 10.5 Å². The molecule has 16 heavy (non-hydrogen) atoms. The van der Waals surface area contributed by atoms with E-state index < -0.39 is 23.9 Å². The van der Waals surface area contributed by atoms with Crippen molar-refractivity contribution < 1.29 is 27.9 Å². The van der Waals surface area contributed by atoms with Gasteiger partial charge in [-0.3, -0.25) is 9.48 Å². The third-order valence-electron chi connectivity index (χ3n) is 1.60. The molecule has 0 aliphatic carbocycles. The molecule has 88 valence electrons. The largest absolute Gasteiger partial charge is 0.477 e. The second-order valence-electron chi connectivity index (χ2n) is 2.80. The first-order valence-corrected chi connectivity index (χ1v) is 3.87. The zero-order chi connectivity index (χ0) is 12.5. The van der Waals surface area contributed by atoms with Crippen LogP contribution in [0.5, 0.6) is 0 Å². The number of hydrogen-bond acceptors (Lipinski definition) is 3. The molecule has 6 nitrogen and oxygen atoms in total. The monoisotopic (exact) mass is 237 g/mol. The number of carboxylic acids is 1. The number of aryl methyl sites for hydroxylation is 1. The van der Waals surface area contributed by atoms with Crippen molar-refractivity contribution in [2.24, 2.45) is 7.05 Å². The zero-order valence-electron chi connectivity index (χ0n) is 7.87. The first kappa shape index (κ1) is 12.0. The summed E-state index contributed by atoms with van der Waals surface area (Å²) in [4.78, 5) is 21.0. The van der Waals surface area contributed by atoms with Gasteiger partial charge >= 0.3 is 18.1 Å². The number of aromatic nitrogens is 2. The first-order chi connectivity index (χ1) is 7.21. The molecule has 0 unspecified atom stereocenters. The number of carbonyl (C=O) groups excluding carboxylic acids is 1. The number of amides is 1. The van der Waals surface area contributed by atoms with Crippen LogP contribution in [0.25, 0.3) is 0 Å². The maximum atomic E-state index is 11.8. The van der Waals surface area contributed by atoms with Crippen molar-refractivity contribution in [1.29, 1.82) is 0 Å². The van der Waals surface area contributed by atoms with E-state index in [4.69, 9.17) is 5.11 Å². The van der Waals surface area contributed by atoms with Gasteiger partial charge in [-0.15, -0.1) is 0 Å². The lowest BCUT2D eigenvalue weighted by molar-refractivity contribution is -0.167. The molecule has 0 radical (unpaired) electrons. The molecule has 0 fully saturated rings. The Bertz CT molecular complexity index is 438. The van der Waals surface area contributed by atoms with E-state index >= 15 is 0 Å². The van der Waals surface area contributed by atoms with Crippen LogP contribution in [-0.2, 0) is 11.8 Å². The maximum Gasteiger partial charge on any atom is 0.471 e. The highest BCUT2D eigenvalue weighted by atomic mass is 19.4. The van der Waals surface area contributed by atoms with E-state index in [0.29, 0.717) is 0 Å². The van der Waals surface area contributed by atoms with Gasteiger partial charge in [-0.25, -0.2) is 4.79 Å². The SMILES string of the molecule is Cn1nc(NC(=O)C(F)(F)F)cc1C(=O)O. The van der Waals surface area contributed by atoms with E-state index in [1.54, 1.807) is 0 Å². The van der Waals surface area contributed by atoms with E-state index in [1.165, 1.54) is 12.4 Å². The number of aromatic carboxylic acids is 1. The molecule has 1 amide bonds. The minimum absolute atomic E-state index is 0.336. The fourth-order valence-electron chi connectivity index (χ4n) is 0.916. The molecule has 0 aliphatic rings. The zero-order valence-corrected chi connectivity index (χ0v) is 7.87. The minimum atomic E-state index is -5.04. The van der Waals surface area contributed by atoms with Gasteiger partial charge in [0.2, 0.25) is 0 Å². The summed E-state index contributed by atoms with van der Waals surface area (Å²) in [7, 11) is 1.23. The van der Waals surface area contributed by atoms with Gasteiger partial charge in [-0.1, -0.05) is 0 Å². The van der Waals surface area contributed by atoms with Crippen LogP contribution in [0.2, 0.25) is 0 Å². The molecule has 9 heteroatoms. The molecule has 0 spiro atoms. The van der Waals surface area contributed by atoms with Crippen molar-refractivity contribution in [2.75, 3.05) is 5.32 Å². The predicted octanol–water partition coefficient (Wildman–Crippen LogP) is 0.619. The Morgan fingerprint density at radius 1 is 1.50 bits per heavy atom. The van der Waals surface area contributed by atoms with Crippen molar-refractivity contribution in [3.05, 3.63) is 11.8 Å². The number of alkyl halides is 3. The Labute approximate surface area is 86.7 Å². The summed E-state index contributed by atoms with van der Waals surface area (Å²) in [6.07, 6.45) is -5.04. The Kier molecular flexibility index (Phi) is 2.88. The lowest BCUT2D eigenvalue weighted by Gasteiger charge is -2.04. The van der Waals surface area contributed by atoms with Crippen LogP contribution in [0.3, 0.4) is 0 Å². The first-order valence-electron chi connectivity index (χ1n) is 3.87. The van der Waals surface area contributed by atoms with Crippen molar-refractivity contribution in [1.82, 2.24) is 9.78 Å². The summed E-state index contributed by atoms with van der Waals surface area (Å²) in [5.74, 6) is -4.03. The van der Waals surface area contributed by atoms with Gasteiger partial charge in [0.05, 0.1) is 0 Å². The van der Waals surface area contributed by atoms with Crippen molar-refractivity contribution in [3.63, 3.8) is 0 Å². The molecule has 0 bridgehead atoms. The predicted molar refractivity (Wildman–Crippen MR) is 44.9 cm³/mol. The summed E-state index contributed by atoms with van der Waals surface area (Å²) >= 11 is 0. The average Bonchev–Trinajstić information content (AvgIpc) is 2.45. The van der Waals surface area contributed by atoms with Gasteiger partial charge in [0.25, 0.3) is 0 Å². The molecule has 0 saturated heterocycles. The summed E-state index contributed by atoms with van der Waals surface area (Å²) in [6.45, 7) is 0. The van der Waals surface area contributed by atoms with Crippen LogP contribution in [0.4, 0.5) is 19.0 Å².